The molecule has 0 radical (unpaired) electrons. The first kappa shape index (κ1) is 28.3. The van der Waals surface area contributed by atoms with E-state index in [1.54, 1.807) is 0 Å². The van der Waals surface area contributed by atoms with Crippen LogP contribution in [0.1, 0.15) is 117 Å². The van der Waals surface area contributed by atoms with Crippen LogP contribution in [0.2, 0.25) is 0 Å². The fourth-order valence-corrected chi connectivity index (χ4v) is 6.18. The summed E-state index contributed by atoms with van der Waals surface area (Å²) in [6.45, 7) is 7.01. The molecule has 0 bridgehead atoms. The summed E-state index contributed by atoms with van der Waals surface area (Å²) in [5, 5.41) is 0. The molecular formula is C23H49O3S2+. The number of hydrogen-bond acceptors (Lipinski definition) is 3. The van der Waals surface area contributed by atoms with Crippen molar-refractivity contribution in [2.24, 2.45) is 0 Å². The van der Waals surface area contributed by atoms with E-state index in [1.165, 1.54) is 77.0 Å². The molecule has 5 heteroatoms. The van der Waals surface area contributed by atoms with E-state index in [9.17, 15) is 8.42 Å². The average Bonchev–Trinajstić information content (AvgIpc) is 2.68. The monoisotopic (exact) mass is 437 g/mol. The van der Waals surface area contributed by atoms with E-state index in [0.717, 1.165) is 36.5 Å². The normalized spacial score (nSPS) is 12.1. The quantitative estimate of drug-likeness (QED) is 0.105. The van der Waals surface area contributed by atoms with Crippen LogP contribution in [0.4, 0.5) is 0 Å². The molecule has 0 aliphatic carbocycles. The Kier molecular flexibility index (Phi) is 20.7. The largest absolute Gasteiger partial charge is 0.270 e. The van der Waals surface area contributed by atoms with E-state index in [0.29, 0.717) is 17.5 Å². The lowest BCUT2D eigenvalue weighted by Gasteiger charge is -2.07. The zero-order chi connectivity index (χ0) is 20.9. The minimum atomic E-state index is -3.31. The van der Waals surface area contributed by atoms with Gasteiger partial charge in [0, 0.05) is 6.42 Å². The molecule has 0 unspecified atom stereocenters. The maximum absolute atomic E-state index is 11.9. The van der Waals surface area contributed by atoms with E-state index in [-0.39, 0.29) is 5.75 Å². The van der Waals surface area contributed by atoms with Crippen LogP contribution in [-0.2, 0) is 25.2 Å². The lowest BCUT2D eigenvalue weighted by molar-refractivity contribution is 0.306. The summed E-state index contributed by atoms with van der Waals surface area (Å²) in [4.78, 5) is 0. The molecule has 3 nitrogen and oxygen atoms in total. The Bertz CT molecular complexity index is 406. The molecule has 0 aromatic carbocycles. The lowest BCUT2D eigenvalue weighted by Crippen LogP contribution is -2.18. The van der Waals surface area contributed by atoms with Gasteiger partial charge in [-0.15, -0.1) is 0 Å². The Balaban J connectivity index is 3.35. The van der Waals surface area contributed by atoms with Gasteiger partial charge in [0.25, 0.3) is 10.1 Å². The Hall–Kier alpha value is 0.260. The predicted molar refractivity (Wildman–Crippen MR) is 128 cm³/mol. The van der Waals surface area contributed by atoms with Crippen molar-refractivity contribution in [3.8, 4) is 0 Å². The summed E-state index contributed by atoms with van der Waals surface area (Å²) >= 11 is 0. The fraction of sp³-hybridized carbons (Fsp3) is 1.00. The van der Waals surface area contributed by atoms with E-state index in [1.807, 2.05) is 0 Å². The van der Waals surface area contributed by atoms with E-state index >= 15 is 0 Å². The number of rotatable bonds is 22. The first-order chi connectivity index (χ1) is 13.6. The average molecular weight is 438 g/mol. The third kappa shape index (κ3) is 19.6. The van der Waals surface area contributed by atoms with Crippen LogP contribution in [0.15, 0.2) is 0 Å². The maximum Gasteiger partial charge on any atom is 0.267 e. The lowest BCUT2D eigenvalue weighted by atomic mass is 10.0. The smallest absolute Gasteiger partial charge is 0.267 e. The molecule has 170 valence electrons. The third-order valence-corrected chi connectivity index (χ3v) is 9.22. The molecule has 0 fully saturated rings. The van der Waals surface area contributed by atoms with Crippen molar-refractivity contribution < 1.29 is 12.6 Å². The zero-order valence-electron chi connectivity index (χ0n) is 19.2. The molecule has 0 aromatic heterocycles. The molecule has 0 N–H and O–H groups in total. The second kappa shape index (κ2) is 20.5. The minimum Gasteiger partial charge on any atom is -0.270 e. The van der Waals surface area contributed by atoms with Gasteiger partial charge >= 0.3 is 0 Å². The minimum absolute atomic E-state index is 0.190. The summed E-state index contributed by atoms with van der Waals surface area (Å²) in [7, 11) is -2.92. The molecule has 0 aliphatic rings. The van der Waals surface area contributed by atoms with Crippen LogP contribution in [0.25, 0.3) is 0 Å². The van der Waals surface area contributed by atoms with Gasteiger partial charge in [0.2, 0.25) is 0 Å². The third-order valence-electron chi connectivity index (χ3n) is 5.40. The second-order valence-corrected chi connectivity index (χ2v) is 12.5. The molecule has 0 amide bonds. The molecule has 0 saturated carbocycles. The molecule has 28 heavy (non-hydrogen) atoms. The second-order valence-electron chi connectivity index (χ2n) is 7.93. The van der Waals surface area contributed by atoms with E-state index < -0.39 is 10.1 Å². The molecule has 0 heterocycles. The van der Waals surface area contributed by atoms with Crippen LogP contribution in [-0.4, -0.2) is 38.0 Å². The van der Waals surface area contributed by atoms with Crippen LogP contribution in [0.3, 0.4) is 0 Å². The van der Waals surface area contributed by atoms with Crippen LogP contribution in [0, 0.1) is 0 Å². The summed E-state index contributed by atoms with van der Waals surface area (Å²) < 4.78 is 29.0. The van der Waals surface area contributed by atoms with Crippen LogP contribution in [0.5, 0.6) is 0 Å². The highest BCUT2D eigenvalue weighted by Crippen LogP contribution is 2.13. The highest BCUT2D eigenvalue weighted by Gasteiger charge is 2.16. The van der Waals surface area contributed by atoms with Crippen LogP contribution < -0.4 is 0 Å². The number of unbranched alkanes of at least 4 members (excludes halogenated alkanes) is 13. The fourth-order valence-electron chi connectivity index (χ4n) is 3.47. The molecule has 0 aromatic rings. The van der Waals surface area contributed by atoms with Gasteiger partial charge in [0.1, 0.15) is 17.3 Å². The molecular weight excluding hydrogens is 388 g/mol. The van der Waals surface area contributed by atoms with Gasteiger partial charge in [0.15, 0.2) is 0 Å². The highest BCUT2D eigenvalue weighted by molar-refractivity contribution is 7.96. The topological polar surface area (TPSA) is 43.4 Å². The molecule has 0 saturated heterocycles. The van der Waals surface area contributed by atoms with Gasteiger partial charge in [0.05, 0.1) is 12.4 Å². The SMILES string of the molecule is CCCCCCCCCCCCCCCCOS(=O)(=O)CCC[S+](CC)CC. The van der Waals surface area contributed by atoms with E-state index in [4.69, 9.17) is 4.18 Å². The zero-order valence-corrected chi connectivity index (χ0v) is 20.8. The molecule has 0 atom stereocenters. The van der Waals surface area contributed by atoms with Gasteiger partial charge in [-0.1, -0.05) is 90.4 Å². The molecule has 0 spiro atoms. The summed E-state index contributed by atoms with van der Waals surface area (Å²) in [5.74, 6) is 3.54. The first-order valence-electron chi connectivity index (χ1n) is 12.1. The van der Waals surface area contributed by atoms with Crippen molar-refractivity contribution in [3.05, 3.63) is 0 Å². The number of hydrogen-bond donors (Lipinski definition) is 0. The van der Waals surface area contributed by atoms with Crippen molar-refractivity contribution in [1.29, 1.82) is 0 Å². The Morgan fingerprint density at radius 1 is 0.607 bits per heavy atom. The van der Waals surface area contributed by atoms with Crippen molar-refractivity contribution in [3.63, 3.8) is 0 Å². The van der Waals surface area contributed by atoms with Gasteiger partial charge < -0.3 is 0 Å². The van der Waals surface area contributed by atoms with Crippen molar-refractivity contribution in [1.82, 2.24) is 0 Å². The van der Waals surface area contributed by atoms with Crippen molar-refractivity contribution in [2.75, 3.05) is 29.6 Å². The van der Waals surface area contributed by atoms with Gasteiger partial charge in [-0.2, -0.15) is 8.42 Å². The van der Waals surface area contributed by atoms with Gasteiger partial charge in [-0.25, -0.2) is 0 Å². The Labute approximate surface area is 180 Å². The first-order valence-corrected chi connectivity index (χ1v) is 15.4. The predicted octanol–water partition coefficient (Wildman–Crippen LogP) is 6.86. The molecule has 0 aliphatic heterocycles. The van der Waals surface area contributed by atoms with Gasteiger partial charge in [-0.05, 0) is 31.2 Å². The van der Waals surface area contributed by atoms with Crippen molar-refractivity contribution >= 4 is 21.0 Å². The molecule has 0 rings (SSSR count). The Morgan fingerprint density at radius 2 is 1.04 bits per heavy atom. The summed E-state index contributed by atoms with van der Waals surface area (Å²) in [5.41, 5.74) is 0. The summed E-state index contributed by atoms with van der Waals surface area (Å²) in [6, 6.07) is 0. The van der Waals surface area contributed by atoms with Crippen LogP contribution >= 0.6 is 0 Å². The van der Waals surface area contributed by atoms with Crippen molar-refractivity contribution in [2.45, 2.75) is 117 Å². The summed E-state index contributed by atoms with van der Waals surface area (Å²) in [6.07, 6.45) is 19.0. The highest BCUT2D eigenvalue weighted by atomic mass is 32.2. The van der Waals surface area contributed by atoms with Gasteiger partial charge in [-0.3, -0.25) is 4.18 Å². The van der Waals surface area contributed by atoms with E-state index in [2.05, 4.69) is 20.8 Å². The Morgan fingerprint density at radius 3 is 1.46 bits per heavy atom. The maximum atomic E-state index is 11.9. The standard InChI is InChI=1S/C23H49O3S2/c1-4-7-8-9-10-11-12-13-14-15-16-17-18-19-21-26-28(24,25)23-20-22-27(5-2)6-3/h4-23H2,1-3H3/q+1.